The van der Waals surface area contributed by atoms with E-state index < -0.39 is 11.9 Å². The standard InChI is InChI=1S/C15H14FNO3/c1-19-14-8-11(7-12(16)9-14)10-17-15(18)20-13-5-3-2-4-6-13/h2-9H,10H2,1H3,(H,17,18). The van der Waals surface area contributed by atoms with Crippen LogP contribution in [0.2, 0.25) is 0 Å². The zero-order chi connectivity index (χ0) is 14.4. The number of para-hydroxylation sites is 1. The largest absolute Gasteiger partial charge is 0.497 e. The Morgan fingerprint density at radius 1 is 1.15 bits per heavy atom. The molecule has 0 aliphatic carbocycles. The minimum atomic E-state index is -0.598. The Balaban J connectivity index is 1.92. The Kier molecular flexibility index (Phi) is 4.55. The molecule has 0 saturated heterocycles. The number of carbonyl (C=O) groups is 1. The highest BCUT2D eigenvalue weighted by Crippen LogP contribution is 2.16. The molecule has 0 unspecified atom stereocenters. The molecule has 0 bridgehead atoms. The highest BCUT2D eigenvalue weighted by atomic mass is 19.1. The molecule has 1 amide bonds. The summed E-state index contributed by atoms with van der Waals surface area (Å²) >= 11 is 0. The van der Waals surface area contributed by atoms with Crippen LogP contribution in [-0.4, -0.2) is 13.2 Å². The quantitative estimate of drug-likeness (QED) is 0.932. The van der Waals surface area contributed by atoms with Crippen LogP contribution in [0.3, 0.4) is 0 Å². The average Bonchev–Trinajstić information content (AvgIpc) is 2.45. The number of nitrogens with one attached hydrogen (secondary N) is 1. The molecule has 0 aliphatic heterocycles. The minimum absolute atomic E-state index is 0.153. The van der Waals surface area contributed by atoms with Gasteiger partial charge in [0.25, 0.3) is 0 Å². The SMILES string of the molecule is COc1cc(F)cc(CNC(=O)Oc2ccccc2)c1. The number of ether oxygens (including phenoxy) is 2. The molecule has 0 spiro atoms. The van der Waals surface area contributed by atoms with Gasteiger partial charge in [-0.15, -0.1) is 0 Å². The van der Waals surface area contributed by atoms with Crippen molar-refractivity contribution in [3.63, 3.8) is 0 Å². The fourth-order valence-corrected chi connectivity index (χ4v) is 1.65. The molecule has 5 heteroatoms. The van der Waals surface area contributed by atoms with Gasteiger partial charge in [0, 0.05) is 12.6 Å². The second-order valence-corrected chi connectivity index (χ2v) is 4.06. The van der Waals surface area contributed by atoms with Crippen LogP contribution in [0.25, 0.3) is 0 Å². The van der Waals surface area contributed by atoms with Crippen molar-refractivity contribution < 1.29 is 18.7 Å². The third kappa shape index (κ3) is 3.98. The van der Waals surface area contributed by atoms with Crippen LogP contribution < -0.4 is 14.8 Å². The van der Waals surface area contributed by atoms with E-state index in [-0.39, 0.29) is 6.54 Å². The van der Waals surface area contributed by atoms with Crippen LogP contribution in [0.1, 0.15) is 5.56 Å². The summed E-state index contributed by atoms with van der Waals surface area (Å²) < 4.78 is 23.3. The molecule has 2 rings (SSSR count). The van der Waals surface area contributed by atoms with E-state index in [1.54, 1.807) is 30.3 Å². The summed E-state index contributed by atoms with van der Waals surface area (Å²) in [6, 6.07) is 12.9. The normalized spacial score (nSPS) is 9.90. The molecule has 0 atom stereocenters. The lowest BCUT2D eigenvalue weighted by Crippen LogP contribution is -2.26. The summed E-state index contributed by atoms with van der Waals surface area (Å²) in [4.78, 5) is 11.6. The van der Waals surface area contributed by atoms with Gasteiger partial charge >= 0.3 is 6.09 Å². The molecule has 0 aliphatic rings. The maximum atomic E-state index is 13.3. The molecule has 0 fully saturated rings. The first-order valence-corrected chi connectivity index (χ1v) is 6.01. The third-order valence-corrected chi connectivity index (χ3v) is 2.56. The topological polar surface area (TPSA) is 47.6 Å². The molecule has 2 aromatic rings. The van der Waals surface area contributed by atoms with Crippen molar-refractivity contribution in [3.8, 4) is 11.5 Å². The zero-order valence-corrected chi connectivity index (χ0v) is 10.9. The lowest BCUT2D eigenvalue weighted by molar-refractivity contribution is 0.200. The molecule has 4 nitrogen and oxygen atoms in total. The minimum Gasteiger partial charge on any atom is -0.497 e. The van der Waals surface area contributed by atoms with Crippen molar-refractivity contribution in [1.29, 1.82) is 0 Å². The van der Waals surface area contributed by atoms with Crippen LogP contribution >= 0.6 is 0 Å². The van der Waals surface area contributed by atoms with Crippen LogP contribution in [0.15, 0.2) is 48.5 Å². The number of carbonyl (C=O) groups excluding carboxylic acids is 1. The van der Waals surface area contributed by atoms with Crippen LogP contribution in [0.4, 0.5) is 9.18 Å². The number of amides is 1. The first kappa shape index (κ1) is 13.9. The molecule has 104 valence electrons. The van der Waals surface area contributed by atoms with Gasteiger partial charge in [-0.2, -0.15) is 0 Å². The van der Waals surface area contributed by atoms with E-state index in [2.05, 4.69) is 5.32 Å². The maximum absolute atomic E-state index is 13.3. The highest BCUT2D eigenvalue weighted by molar-refractivity contribution is 5.70. The van der Waals surface area contributed by atoms with Gasteiger partial charge in [0.2, 0.25) is 0 Å². The van der Waals surface area contributed by atoms with E-state index in [1.165, 1.54) is 19.2 Å². The van der Waals surface area contributed by atoms with Gasteiger partial charge in [-0.25, -0.2) is 9.18 Å². The van der Waals surface area contributed by atoms with Gasteiger partial charge in [0.1, 0.15) is 17.3 Å². The monoisotopic (exact) mass is 275 g/mol. The number of halogens is 1. The van der Waals surface area contributed by atoms with Crippen molar-refractivity contribution in [2.75, 3.05) is 7.11 Å². The summed E-state index contributed by atoms with van der Waals surface area (Å²) in [7, 11) is 1.45. The fraction of sp³-hybridized carbons (Fsp3) is 0.133. The smallest absolute Gasteiger partial charge is 0.412 e. The third-order valence-electron chi connectivity index (χ3n) is 2.56. The van der Waals surface area contributed by atoms with Gasteiger partial charge < -0.3 is 14.8 Å². The molecule has 1 N–H and O–H groups in total. The zero-order valence-electron chi connectivity index (χ0n) is 10.9. The van der Waals surface area contributed by atoms with Crippen molar-refractivity contribution in [2.45, 2.75) is 6.54 Å². The van der Waals surface area contributed by atoms with Gasteiger partial charge in [0.05, 0.1) is 7.11 Å². The van der Waals surface area contributed by atoms with E-state index in [1.807, 2.05) is 6.07 Å². The molecular formula is C15H14FNO3. The average molecular weight is 275 g/mol. The predicted molar refractivity (Wildman–Crippen MR) is 72.3 cm³/mol. The van der Waals surface area contributed by atoms with Crippen molar-refractivity contribution in [2.24, 2.45) is 0 Å². The molecular weight excluding hydrogens is 261 g/mol. The first-order valence-electron chi connectivity index (χ1n) is 6.01. The summed E-state index contributed by atoms with van der Waals surface area (Å²) in [5.41, 5.74) is 0.590. The van der Waals surface area contributed by atoms with Gasteiger partial charge in [-0.1, -0.05) is 18.2 Å². The van der Waals surface area contributed by atoms with Crippen molar-refractivity contribution >= 4 is 6.09 Å². The Morgan fingerprint density at radius 3 is 2.60 bits per heavy atom. The fourth-order valence-electron chi connectivity index (χ4n) is 1.65. The summed E-state index contributed by atoms with van der Waals surface area (Å²) in [5.74, 6) is 0.428. The van der Waals surface area contributed by atoms with Crippen molar-refractivity contribution in [3.05, 3.63) is 59.9 Å². The highest BCUT2D eigenvalue weighted by Gasteiger charge is 2.06. The molecule has 0 aromatic heterocycles. The van der Waals surface area contributed by atoms with E-state index in [4.69, 9.17) is 9.47 Å². The van der Waals surface area contributed by atoms with E-state index in [9.17, 15) is 9.18 Å². The second kappa shape index (κ2) is 6.56. The maximum Gasteiger partial charge on any atom is 0.412 e. The van der Waals surface area contributed by atoms with Crippen LogP contribution in [0.5, 0.6) is 11.5 Å². The summed E-state index contributed by atoms with van der Waals surface area (Å²) in [6.45, 7) is 0.153. The molecule has 0 heterocycles. The molecule has 0 saturated carbocycles. The van der Waals surface area contributed by atoms with E-state index in [0.29, 0.717) is 17.1 Å². The molecule has 20 heavy (non-hydrogen) atoms. The van der Waals surface area contributed by atoms with Crippen molar-refractivity contribution in [1.82, 2.24) is 5.32 Å². The van der Waals surface area contributed by atoms with Crippen LogP contribution in [0, 0.1) is 5.82 Å². The summed E-state index contributed by atoms with van der Waals surface area (Å²) in [6.07, 6.45) is -0.598. The van der Waals surface area contributed by atoms with Gasteiger partial charge in [0.15, 0.2) is 0 Å². The van der Waals surface area contributed by atoms with Crippen LogP contribution in [-0.2, 0) is 6.54 Å². The number of benzene rings is 2. The van der Waals surface area contributed by atoms with E-state index >= 15 is 0 Å². The number of methoxy groups -OCH3 is 1. The Hall–Kier alpha value is -2.56. The molecule has 0 radical (unpaired) electrons. The Morgan fingerprint density at radius 2 is 1.90 bits per heavy atom. The molecule has 2 aromatic carbocycles. The van der Waals surface area contributed by atoms with E-state index in [0.717, 1.165) is 0 Å². The first-order chi connectivity index (χ1) is 9.67. The lowest BCUT2D eigenvalue weighted by Gasteiger charge is -2.08. The number of rotatable bonds is 4. The van der Waals surface area contributed by atoms with Gasteiger partial charge in [-0.3, -0.25) is 0 Å². The number of hydrogen-bond donors (Lipinski definition) is 1. The predicted octanol–water partition coefficient (Wildman–Crippen LogP) is 3.12. The lowest BCUT2D eigenvalue weighted by atomic mass is 10.2. The number of hydrogen-bond acceptors (Lipinski definition) is 3. The Bertz CT molecular complexity index is 587. The second-order valence-electron chi connectivity index (χ2n) is 4.06. The summed E-state index contributed by atoms with van der Waals surface area (Å²) in [5, 5.41) is 2.54. The Labute approximate surface area is 116 Å². The van der Waals surface area contributed by atoms with Gasteiger partial charge in [-0.05, 0) is 29.8 Å².